The number of hydrogen-bond donors (Lipinski definition) is 0. The predicted molar refractivity (Wildman–Crippen MR) is 79.5 cm³/mol. The zero-order valence-electron chi connectivity index (χ0n) is 13.4. The number of halogens is 2. The second-order valence-electron chi connectivity index (χ2n) is 6.31. The first-order chi connectivity index (χ1) is 10.9. The Labute approximate surface area is 134 Å². The number of carbonyl (C=O) groups is 1. The van der Waals surface area contributed by atoms with Crippen LogP contribution in [0.25, 0.3) is 0 Å². The van der Waals surface area contributed by atoms with E-state index in [0.29, 0.717) is 31.9 Å². The molecule has 0 bridgehead atoms. The van der Waals surface area contributed by atoms with Crippen molar-refractivity contribution in [3.05, 3.63) is 18.0 Å². The van der Waals surface area contributed by atoms with E-state index in [1.54, 1.807) is 22.8 Å². The average Bonchev–Trinajstić information content (AvgIpc) is 2.98. The van der Waals surface area contributed by atoms with Gasteiger partial charge in [-0.1, -0.05) is 0 Å². The van der Waals surface area contributed by atoms with Crippen molar-refractivity contribution in [1.82, 2.24) is 19.6 Å². The molecular weight excluding hydrogens is 306 g/mol. The summed E-state index contributed by atoms with van der Waals surface area (Å²) in [5.74, 6) is -2.77. The summed E-state index contributed by atoms with van der Waals surface area (Å²) in [5, 5.41) is 3.98. The number of ether oxygens (including phenoxy) is 1. The van der Waals surface area contributed by atoms with E-state index in [1.807, 2.05) is 11.8 Å². The summed E-state index contributed by atoms with van der Waals surface area (Å²) in [6.07, 6.45) is 3.02. The summed E-state index contributed by atoms with van der Waals surface area (Å²) in [6.45, 7) is 3.41. The van der Waals surface area contributed by atoms with Crippen molar-refractivity contribution in [3.8, 4) is 0 Å². The lowest BCUT2D eigenvalue weighted by Gasteiger charge is -2.45. The quantitative estimate of drug-likeness (QED) is 0.809. The third-order valence-electron chi connectivity index (χ3n) is 4.50. The van der Waals surface area contributed by atoms with E-state index in [9.17, 15) is 13.6 Å². The molecule has 2 aliphatic heterocycles. The zero-order valence-corrected chi connectivity index (χ0v) is 13.4. The Morgan fingerprint density at radius 1 is 1.48 bits per heavy atom. The maximum atomic E-state index is 13.7. The molecule has 1 aromatic rings. The van der Waals surface area contributed by atoms with Crippen LogP contribution >= 0.6 is 0 Å². The van der Waals surface area contributed by atoms with Crippen LogP contribution in [0.15, 0.2) is 12.4 Å². The fraction of sp³-hybridized carbons (Fsp3) is 0.733. The zero-order chi connectivity index (χ0) is 16.6. The van der Waals surface area contributed by atoms with Gasteiger partial charge in [-0.25, -0.2) is 8.78 Å². The molecule has 0 aromatic carbocycles. The van der Waals surface area contributed by atoms with Gasteiger partial charge in [-0.05, 0) is 6.92 Å². The largest absolute Gasteiger partial charge is 0.380 e. The number of amides is 1. The van der Waals surface area contributed by atoms with E-state index < -0.39 is 5.92 Å². The number of nitrogens with zero attached hydrogens (tertiary/aromatic N) is 4. The molecule has 0 saturated carbocycles. The molecule has 1 atom stereocenters. The van der Waals surface area contributed by atoms with Crippen LogP contribution in [-0.2, 0) is 11.8 Å². The van der Waals surface area contributed by atoms with Gasteiger partial charge in [0.15, 0.2) is 0 Å². The average molecular weight is 328 g/mol. The fourth-order valence-corrected chi connectivity index (χ4v) is 3.30. The van der Waals surface area contributed by atoms with Gasteiger partial charge in [0.2, 0.25) is 0 Å². The molecule has 0 N–H and O–H groups in total. The molecule has 3 heterocycles. The van der Waals surface area contributed by atoms with Gasteiger partial charge in [-0.15, -0.1) is 0 Å². The van der Waals surface area contributed by atoms with Crippen LogP contribution in [-0.4, -0.2) is 76.3 Å². The smallest absolute Gasteiger partial charge is 0.262 e. The van der Waals surface area contributed by atoms with E-state index in [0.717, 1.165) is 0 Å². The molecule has 23 heavy (non-hydrogen) atoms. The van der Waals surface area contributed by atoms with Gasteiger partial charge in [0.05, 0.1) is 24.9 Å². The maximum Gasteiger partial charge on any atom is 0.262 e. The fourth-order valence-electron chi connectivity index (χ4n) is 3.30. The molecule has 6 nitrogen and oxygen atoms in total. The van der Waals surface area contributed by atoms with Gasteiger partial charge in [-0.3, -0.25) is 14.4 Å². The highest BCUT2D eigenvalue weighted by atomic mass is 19.3. The first kappa shape index (κ1) is 16.3. The number of aromatic nitrogens is 2. The Morgan fingerprint density at radius 2 is 2.22 bits per heavy atom. The monoisotopic (exact) mass is 328 g/mol. The van der Waals surface area contributed by atoms with Crippen LogP contribution in [0.1, 0.15) is 23.7 Å². The van der Waals surface area contributed by atoms with Gasteiger partial charge in [0.25, 0.3) is 11.8 Å². The van der Waals surface area contributed by atoms with Crippen molar-refractivity contribution in [1.29, 1.82) is 0 Å². The first-order valence-electron chi connectivity index (χ1n) is 7.89. The van der Waals surface area contributed by atoms with Crippen molar-refractivity contribution >= 4 is 5.91 Å². The number of hydrogen-bond acceptors (Lipinski definition) is 4. The summed E-state index contributed by atoms with van der Waals surface area (Å²) < 4.78 is 34.4. The molecule has 1 amide bonds. The maximum absolute atomic E-state index is 13.7. The molecule has 2 aliphatic rings. The lowest BCUT2D eigenvalue weighted by molar-refractivity contribution is -0.0148. The van der Waals surface area contributed by atoms with Gasteiger partial charge in [0.1, 0.15) is 0 Å². The van der Waals surface area contributed by atoms with Crippen LogP contribution in [0, 0.1) is 0 Å². The third kappa shape index (κ3) is 3.37. The minimum absolute atomic E-state index is 0.0190. The normalized spacial score (nSPS) is 24.9. The van der Waals surface area contributed by atoms with Crippen molar-refractivity contribution in [2.75, 3.05) is 32.8 Å². The second-order valence-corrected chi connectivity index (χ2v) is 6.31. The molecule has 0 unspecified atom stereocenters. The lowest BCUT2D eigenvalue weighted by atomic mass is 10.0. The van der Waals surface area contributed by atoms with Crippen LogP contribution in [0.2, 0.25) is 0 Å². The van der Waals surface area contributed by atoms with Gasteiger partial charge in [-0.2, -0.15) is 5.10 Å². The predicted octanol–water partition coefficient (Wildman–Crippen LogP) is 0.991. The molecule has 2 fully saturated rings. The second kappa shape index (κ2) is 6.16. The molecule has 2 saturated heterocycles. The van der Waals surface area contributed by atoms with E-state index in [2.05, 4.69) is 5.10 Å². The van der Waals surface area contributed by atoms with E-state index in [-0.39, 0.29) is 31.0 Å². The first-order valence-corrected chi connectivity index (χ1v) is 7.89. The summed E-state index contributed by atoms with van der Waals surface area (Å²) >= 11 is 0. The standard InChI is InChI=1S/C15H22F2N4O2/c1-3-23-9-12-4-15(16,17)10-21(12)13-7-20(8-13)14(22)11-5-18-19(2)6-11/h5-6,12-13H,3-4,7-10H2,1-2H3/t12-/m0/s1. The summed E-state index contributed by atoms with van der Waals surface area (Å²) in [7, 11) is 1.75. The topological polar surface area (TPSA) is 50.6 Å². The van der Waals surface area contributed by atoms with Crippen molar-refractivity contribution in [2.45, 2.75) is 31.4 Å². The highest BCUT2D eigenvalue weighted by Crippen LogP contribution is 2.35. The number of likely N-dealkylation sites (tertiary alicyclic amines) is 2. The highest BCUT2D eigenvalue weighted by molar-refractivity contribution is 5.94. The van der Waals surface area contributed by atoms with Crippen LogP contribution in [0.3, 0.4) is 0 Å². The molecule has 0 aliphatic carbocycles. The Morgan fingerprint density at radius 3 is 2.83 bits per heavy atom. The molecule has 3 rings (SSSR count). The van der Waals surface area contributed by atoms with Crippen molar-refractivity contribution in [3.63, 3.8) is 0 Å². The van der Waals surface area contributed by atoms with Crippen LogP contribution in [0.4, 0.5) is 8.78 Å². The van der Waals surface area contributed by atoms with Crippen LogP contribution in [0.5, 0.6) is 0 Å². The molecule has 0 spiro atoms. The van der Waals surface area contributed by atoms with Crippen LogP contribution < -0.4 is 0 Å². The Kier molecular flexibility index (Phi) is 4.37. The Balaban J connectivity index is 1.58. The SMILES string of the molecule is CCOC[C@@H]1CC(F)(F)CN1C1CN(C(=O)c2cnn(C)c2)C1. The Bertz CT molecular complexity index is 572. The van der Waals surface area contributed by atoms with Gasteiger partial charge in [0, 0.05) is 51.4 Å². The lowest BCUT2D eigenvalue weighted by Crippen LogP contribution is -2.62. The molecular formula is C15H22F2N4O2. The van der Waals surface area contributed by atoms with E-state index in [4.69, 9.17) is 4.74 Å². The number of carbonyl (C=O) groups excluding carboxylic acids is 1. The van der Waals surface area contributed by atoms with Gasteiger partial charge >= 0.3 is 0 Å². The van der Waals surface area contributed by atoms with Crippen molar-refractivity contribution in [2.24, 2.45) is 7.05 Å². The molecule has 0 radical (unpaired) electrons. The number of aryl methyl sites for hydroxylation is 1. The van der Waals surface area contributed by atoms with E-state index in [1.165, 1.54) is 6.20 Å². The summed E-state index contributed by atoms with van der Waals surface area (Å²) in [5.41, 5.74) is 0.531. The van der Waals surface area contributed by atoms with Crippen molar-refractivity contribution < 1.29 is 18.3 Å². The number of rotatable bonds is 5. The highest BCUT2D eigenvalue weighted by Gasteiger charge is 2.50. The summed E-state index contributed by atoms with van der Waals surface area (Å²) in [4.78, 5) is 15.7. The minimum Gasteiger partial charge on any atom is -0.380 e. The van der Waals surface area contributed by atoms with Gasteiger partial charge < -0.3 is 9.64 Å². The minimum atomic E-state index is -2.67. The molecule has 8 heteroatoms. The molecule has 1 aromatic heterocycles. The number of alkyl halides is 2. The summed E-state index contributed by atoms with van der Waals surface area (Å²) in [6, 6.07) is -0.292. The Hall–Kier alpha value is -1.54. The molecule has 128 valence electrons. The van der Waals surface area contributed by atoms with E-state index >= 15 is 0 Å². The third-order valence-corrected chi connectivity index (χ3v) is 4.50.